The first-order valence-corrected chi connectivity index (χ1v) is 14.9. The minimum atomic E-state index is -0.0410. The Labute approximate surface area is 251 Å². The van der Waals surface area contributed by atoms with E-state index in [2.05, 4.69) is 66.7 Å². The molecule has 7 heteroatoms. The van der Waals surface area contributed by atoms with Crippen LogP contribution in [0, 0.1) is 0 Å². The van der Waals surface area contributed by atoms with Crippen molar-refractivity contribution in [2.24, 2.45) is 14.1 Å². The molecule has 43 heavy (non-hydrogen) atoms. The van der Waals surface area contributed by atoms with E-state index in [1.165, 1.54) is 15.5 Å². The predicted molar refractivity (Wildman–Crippen MR) is 176 cm³/mol. The number of hydrogen-bond donors (Lipinski definition) is 0. The summed E-state index contributed by atoms with van der Waals surface area (Å²) in [7, 11) is 3.60. The second kappa shape index (κ2) is 9.86. The Balaban J connectivity index is 1.31. The number of hydrogen-bond acceptors (Lipinski definition) is 5. The molecule has 0 saturated heterocycles. The molecule has 3 aromatic heterocycles. The first-order valence-electron chi connectivity index (χ1n) is 14.0. The Morgan fingerprint density at radius 2 is 1.16 bits per heavy atom. The molecule has 3 heterocycles. The topological polar surface area (TPSA) is 65.6 Å². The van der Waals surface area contributed by atoms with Crippen molar-refractivity contribution in [3.05, 3.63) is 126 Å². The van der Waals surface area contributed by atoms with E-state index in [1.54, 1.807) is 34.6 Å². The molecule has 0 aliphatic carbocycles. The lowest BCUT2D eigenvalue weighted by molar-refractivity contribution is 0.795. The molecule has 0 bridgehead atoms. The SMILES string of the molecule is Cn1c(=O)n(C)c2cc(-c3cccc(-c4nc(-c5ccccc5)nc(-c5cccc6c5sc5ccccc56)n4)c3)ccc21. The molecule has 0 aliphatic rings. The van der Waals surface area contributed by atoms with E-state index >= 15 is 0 Å². The highest BCUT2D eigenvalue weighted by atomic mass is 32.1. The summed E-state index contributed by atoms with van der Waals surface area (Å²) in [5.41, 5.74) is 6.60. The molecule has 0 fully saturated rings. The molecule has 8 rings (SSSR count). The van der Waals surface area contributed by atoms with Gasteiger partial charge in [-0.05, 0) is 41.5 Å². The highest BCUT2D eigenvalue weighted by molar-refractivity contribution is 7.26. The standard InChI is InChI=1S/C36H25N5OS/c1-40-29-19-18-24(21-30(29)41(2)36(40)42)23-12-8-13-25(20-23)34-37-33(22-10-4-3-5-11-22)38-35(39-34)28-16-9-15-27-26-14-6-7-17-31(26)43-32(27)28/h3-21H,1-2H3. The normalized spacial score (nSPS) is 11.6. The molecule has 0 saturated carbocycles. The van der Waals surface area contributed by atoms with Gasteiger partial charge >= 0.3 is 5.69 Å². The van der Waals surface area contributed by atoms with E-state index in [1.807, 2.05) is 48.5 Å². The zero-order valence-electron chi connectivity index (χ0n) is 23.5. The fraction of sp³-hybridized carbons (Fsp3) is 0.0556. The molecule has 0 N–H and O–H groups in total. The van der Waals surface area contributed by atoms with Crippen LogP contribution in [0.1, 0.15) is 0 Å². The van der Waals surface area contributed by atoms with Crippen LogP contribution in [0.2, 0.25) is 0 Å². The number of rotatable bonds is 4. The van der Waals surface area contributed by atoms with Crippen LogP contribution in [0.4, 0.5) is 0 Å². The lowest BCUT2D eigenvalue weighted by Crippen LogP contribution is -2.19. The molecule has 0 atom stereocenters. The largest absolute Gasteiger partial charge is 0.328 e. The van der Waals surface area contributed by atoms with Gasteiger partial charge < -0.3 is 0 Å². The van der Waals surface area contributed by atoms with Gasteiger partial charge in [-0.3, -0.25) is 9.13 Å². The van der Waals surface area contributed by atoms with E-state index in [0.717, 1.165) is 43.6 Å². The smallest absolute Gasteiger partial charge is 0.295 e. The van der Waals surface area contributed by atoms with Crippen molar-refractivity contribution in [2.45, 2.75) is 0 Å². The molecular formula is C36H25N5OS. The maximum Gasteiger partial charge on any atom is 0.328 e. The van der Waals surface area contributed by atoms with Gasteiger partial charge in [0, 0.05) is 51.0 Å². The fourth-order valence-corrected chi connectivity index (χ4v) is 7.00. The third-order valence-corrected chi connectivity index (χ3v) is 9.26. The van der Waals surface area contributed by atoms with Crippen LogP contribution < -0.4 is 5.69 Å². The van der Waals surface area contributed by atoms with Crippen molar-refractivity contribution >= 4 is 42.5 Å². The highest BCUT2D eigenvalue weighted by Gasteiger charge is 2.17. The Hall–Kier alpha value is -5.40. The van der Waals surface area contributed by atoms with Gasteiger partial charge in [-0.1, -0.05) is 84.9 Å². The maximum atomic E-state index is 12.5. The number of aromatic nitrogens is 5. The molecule has 0 aliphatic heterocycles. The molecule has 0 amide bonds. The number of nitrogens with zero attached hydrogens (tertiary/aromatic N) is 5. The third kappa shape index (κ3) is 4.16. The summed E-state index contributed by atoms with van der Waals surface area (Å²) >= 11 is 1.76. The van der Waals surface area contributed by atoms with Crippen molar-refractivity contribution in [3.8, 4) is 45.3 Å². The molecule has 6 nitrogen and oxygen atoms in total. The zero-order chi connectivity index (χ0) is 29.1. The summed E-state index contributed by atoms with van der Waals surface area (Å²) in [5.74, 6) is 1.88. The van der Waals surface area contributed by atoms with Crippen molar-refractivity contribution in [2.75, 3.05) is 0 Å². The molecule has 0 radical (unpaired) electrons. The Morgan fingerprint density at radius 3 is 2.02 bits per heavy atom. The quantitative estimate of drug-likeness (QED) is 0.213. The van der Waals surface area contributed by atoms with Crippen molar-refractivity contribution in [3.63, 3.8) is 0 Å². The average molecular weight is 576 g/mol. The summed E-state index contributed by atoms with van der Waals surface area (Å²) in [6.07, 6.45) is 0. The van der Waals surface area contributed by atoms with Crippen LogP contribution in [0.25, 0.3) is 76.5 Å². The van der Waals surface area contributed by atoms with Crippen molar-refractivity contribution < 1.29 is 0 Å². The monoisotopic (exact) mass is 575 g/mol. The predicted octanol–water partition coefficient (Wildman–Crippen LogP) is 8.10. The molecule has 0 unspecified atom stereocenters. The first-order chi connectivity index (χ1) is 21.0. The van der Waals surface area contributed by atoms with Crippen LogP contribution in [-0.4, -0.2) is 24.1 Å². The number of aryl methyl sites for hydroxylation is 2. The van der Waals surface area contributed by atoms with E-state index in [9.17, 15) is 4.79 Å². The van der Waals surface area contributed by atoms with Gasteiger partial charge in [-0.15, -0.1) is 11.3 Å². The van der Waals surface area contributed by atoms with Gasteiger partial charge in [0.15, 0.2) is 17.5 Å². The lowest BCUT2D eigenvalue weighted by Gasteiger charge is -2.10. The van der Waals surface area contributed by atoms with Crippen molar-refractivity contribution in [1.29, 1.82) is 0 Å². The van der Waals surface area contributed by atoms with E-state index < -0.39 is 0 Å². The fourth-order valence-electron chi connectivity index (χ4n) is 5.79. The molecule has 8 aromatic rings. The summed E-state index contributed by atoms with van der Waals surface area (Å²) in [6.45, 7) is 0. The Bertz CT molecular complexity index is 2400. The van der Waals surface area contributed by atoms with Crippen molar-refractivity contribution in [1.82, 2.24) is 24.1 Å². The van der Waals surface area contributed by atoms with Crippen LogP contribution >= 0.6 is 11.3 Å². The number of fused-ring (bicyclic) bond motifs is 4. The first kappa shape index (κ1) is 25.3. The van der Waals surface area contributed by atoms with Crippen LogP contribution in [0.3, 0.4) is 0 Å². The van der Waals surface area contributed by atoms with Crippen LogP contribution in [0.15, 0.2) is 120 Å². The second-order valence-electron chi connectivity index (χ2n) is 10.6. The van der Waals surface area contributed by atoms with E-state index in [4.69, 9.17) is 15.0 Å². The second-order valence-corrected chi connectivity index (χ2v) is 11.7. The molecule has 206 valence electrons. The molecule has 0 spiro atoms. The number of thiophene rings is 1. The summed E-state index contributed by atoms with van der Waals surface area (Å²) in [6, 6.07) is 39.2. The third-order valence-electron chi connectivity index (χ3n) is 8.04. The van der Waals surface area contributed by atoms with E-state index in [0.29, 0.717) is 17.5 Å². The van der Waals surface area contributed by atoms with Gasteiger partial charge in [-0.25, -0.2) is 19.7 Å². The summed E-state index contributed by atoms with van der Waals surface area (Å²) < 4.78 is 5.75. The minimum absolute atomic E-state index is 0.0410. The van der Waals surface area contributed by atoms with Gasteiger partial charge in [0.25, 0.3) is 0 Å². The highest BCUT2D eigenvalue weighted by Crippen LogP contribution is 2.39. The van der Waals surface area contributed by atoms with E-state index in [-0.39, 0.29) is 5.69 Å². The Morgan fingerprint density at radius 1 is 0.535 bits per heavy atom. The minimum Gasteiger partial charge on any atom is -0.295 e. The molecular weight excluding hydrogens is 550 g/mol. The number of imidazole rings is 1. The van der Waals surface area contributed by atoms with Gasteiger partial charge in [0.2, 0.25) is 0 Å². The zero-order valence-corrected chi connectivity index (χ0v) is 24.3. The lowest BCUT2D eigenvalue weighted by atomic mass is 10.0. The summed E-state index contributed by atoms with van der Waals surface area (Å²) in [5, 5.41) is 2.44. The van der Waals surface area contributed by atoms with Crippen LogP contribution in [0.5, 0.6) is 0 Å². The number of benzene rings is 5. The van der Waals surface area contributed by atoms with Gasteiger partial charge in [-0.2, -0.15) is 0 Å². The summed E-state index contributed by atoms with van der Waals surface area (Å²) in [4.78, 5) is 27.6. The maximum absolute atomic E-state index is 12.5. The average Bonchev–Trinajstić information content (AvgIpc) is 3.55. The Kier molecular flexibility index (Phi) is 5.80. The van der Waals surface area contributed by atoms with Crippen LogP contribution in [-0.2, 0) is 14.1 Å². The van der Waals surface area contributed by atoms with Gasteiger partial charge in [0.1, 0.15) is 0 Å². The molecule has 5 aromatic carbocycles. The van der Waals surface area contributed by atoms with Gasteiger partial charge in [0.05, 0.1) is 11.0 Å².